The van der Waals surface area contributed by atoms with Crippen molar-refractivity contribution in [2.24, 2.45) is 0 Å². The molecule has 0 fully saturated rings. The van der Waals surface area contributed by atoms with E-state index in [4.69, 9.17) is 4.74 Å². The lowest BCUT2D eigenvalue weighted by Gasteiger charge is -2.13. The molecule has 0 radical (unpaired) electrons. The lowest BCUT2D eigenvalue weighted by molar-refractivity contribution is 0.450. The number of halogens is 2. The lowest BCUT2D eigenvalue weighted by Crippen LogP contribution is -2.07. The van der Waals surface area contributed by atoms with Crippen molar-refractivity contribution in [3.8, 4) is 11.6 Å². The molecule has 112 valence electrons. The normalized spacial score (nSPS) is 10.5. The predicted molar refractivity (Wildman–Crippen MR) is 84.4 cm³/mol. The van der Waals surface area contributed by atoms with Gasteiger partial charge in [-0.15, -0.1) is 0 Å². The Morgan fingerprint density at radius 3 is 2.76 bits per heavy atom. The third-order valence-electron chi connectivity index (χ3n) is 2.91. The van der Waals surface area contributed by atoms with Gasteiger partial charge in [0.05, 0.1) is 10.0 Å². The van der Waals surface area contributed by atoms with Crippen LogP contribution in [0, 0.1) is 5.82 Å². The van der Waals surface area contributed by atoms with Gasteiger partial charge in [-0.1, -0.05) is 13.8 Å². The first kappa shape index (κ1) is 15.7. The van der Waals surface area contributed by atoms with E-state index in [2.05, 4.69) is 38.1 Å². The zero-order valence-electron chi connectivity index (χ0n) is 12.0. The van der Waals surface area contributed by atoms with E-state index in [-0.39, 0.29) is 5.82 Å². The van der Waals surface area contributed by atoms with Crippen LogP contribution in [-0.2, 0) is 6.42 Å². The Bertz CT molecular complexity index is 622. The topological polar surface area (TPSA) is 47.0 Å². The molecule has 6 heteroatoms. The van der Waals surface area contributed by atoms with E-state index in [1.807, 2.05) is 6.92 Å². The number of benzene rings is 1. The molecule has 2 aromatic rings. The Hall–Kier alpha value is -1.69. The van der Waals surface area contributed by atoms with E-state index in [1.54, 1.807) is 12.1 Å². The summed E-state index contributed by atoms with van der Waals surface area (Å²) in [6.45, 7) is 4.92. The molecule has 1 aromatic carbocycles. The van der Waals surface area contributed by atoms with E-state index < -0.39 is 0 Å². The number of nitrogens with one attached hydrogen (secondary N) is 1. The highest BCUT2D eigenvalue weighted by atomic mass is 79.9. The van der Waals surface area contributed by atoms with Crippen molar-refractivity contribution in [3.63, 3.8) is 0 Å². The van der Waals surface area contributed by atoms with Crippen LogP contribution in [0.25, 0.3) is 0 Å². The Balaban J connectivity index is 2.28. The van der Waals surface area contributed by atoms with E-state index in [1.165, 1.54) is 12.4 Å². The quantitative estimate of drug-likeness (QED) is 0.827. The molecule has 4 nitrogen and oxygen atoms in total. The van der Waals surface area contributed by atoms with Gasteiger partial charge in [-0.3, -0.25) is 0 Å². The molecule has 2 rings (SSSR count). The van der Waals surface area contributed by atoms with E-state index in [9.17, 15) is 4.39 Å². The minimum Gasteiger partial charge on any atom is -0.438 e. The maximum Gasteiger partial charge on any atom is 0.227 e. The summed E-state index contributed by atoms with van der Waals surface area (Å²) in [5.74, 6) is 1.25. The Morgan fingerprint density at radius 2 is 2.10 bits per heavy atom. The summed E-state index contributed by atoms with van der Waals surface area (Å²) in [5.41, 5.74) is 0.884. The third kappa shape index (κ3) is 3.91. The predicted octanol–water partition coefficient (Wildman–Crippen LogP) is 4.55. The maximum absolute atomic E-state index is 13.5. The monoisotopic (exact) mass is 353 g/mol. The highest BCUT2D eigenvalue weighted by molar-refractivity contribution is 9.10. The molecule has 0 amide bonds. The highest BCUT2D eigenvalue weighted by Gasteiger charge is 2.12. The van der Waals surface area contributed by atoms with Crippen LogP contribution in [0.2, 0.25) is 0 Å². The minimum absolute atomic E-state index is 0.371. The van der Waals surface area contributed by atoms with Crippen LogP contribution in [0.5, 0.6) is 11.6 Å². The van der Waals surface area contributed by atoms with Crippen LogP contribution in [0.1, 0.15) is 25.8 Å². The summed E-state index contributed by atoms with van der Waals surface area (Å²) in [6, 6.07) is 4.62. The fourth-order valence-electron chi connectivity index (χ4n) is 1.85. The van der Waals surface area contributed by atoms with Gasteiger partial charge in [0.15, 0.2) is 0 Å². The molecule has 0 aliphatic rings. The average molecular weight is 354 g/mol. The zero-order chi connectivity index (χ0) is 15.2. The molecule has 0 aliphatic heterocycles. The standard InChI is InChI=1S/C15H17BrFN3O/c1-3-7-18-14-11(4-2)15(20-9-19-14)21-10-5-6-12(16)13(17)8-10/h5-6,8-9H,3-4,7H2,1-2H3,(H,18,19,20). The van der Waals surface area contributed by atoms with Gasteiger partial charge in [-0.25, -0.2) is 14.4 Å². The molecule has 21 heavy (non-hydrogen) atoms. The summed E-state index contributed by atoms with van der Waals surface area (Å²) >= 11 is 3.12. The molecule has 1 N–H and O–H groups in total. The summed E-state index contributed by atoms with van der Waals surface area (Å²) in [7, 11) is 0. The Kier molecular flexibility index (Phi) is 5.50. The summed E-state index contributed by atoms with van der Waals surface area (Å²) in [5, 5.41) is 3.25. The van der Waals surface area contributed by atoms with Crippen LogP contribution in [0.3, 0.4) is 0 Å². The van der Waals surface area contributed by atoms with Crippen molar-refractivity contribution in [3.05, 3.63) is 40.4 Å². The van der Waals surface area contributed by atoms with Gasteiger partial charge in [0.2, 0.25) is 5.88 Å². The van der Waals surface area contributed by atoms with E-state index in [0.29, 0.717) is 16.1 Å². The number of nitrogens with zero attached hydrogens (tertiary/aromatic N) is 2. The molecule has 0 bridgehead atoms. The first-order chi connectivity index (χ1) is 10.2. The lowest BCUT2D eigenvalue weighted by atomic mass is 10.2. The van der Waals surface area contributed by atoms with E-state index >= 15 is 0 Å². The van der Waals surface area contributed by atoms with Crippen molar-refractivity contribution in [1.29, 1.82) is 0 Å². The van der Waals surface area contributed by atoms with Gasteiger partial charge in [-0.2, -0.15) is 0 Å². The zero-order valence-corrected chi connectivity index (χ0v) is 13.6. The summed E-state index contributed by atoms with van der Waals surface area (Å²) in [6.07, 6.45) is 3.17. The molecule has 0 aliphatic carbocycles. The molecule has 0 atom stereocenters. The third-order valence-corrected chi connectivity index (χ3v) is 3.55. The van der Waals surface area contributed by atoms with Crippen molar-refractivity contribution in [2.45, 2.75) is 26.7 Å². The van der Waals surface area contributed by atoms with Gasteiger partial charge < -0.3 is 10.1 Å². The van der Waals surface area contributed by atoms with Gasteiger partial charge in [-0.05, 0) is 40.9 Å². The van der Waals surface area contributed by atoms with Crippen LogP contribution in [0.4, 0.5) is 10.2 Å². The second-order valence-corrected chi connectivity index (χ2v) is 5.32. The molecule has 0 saturated carbocycles. The number of ether oxygens (including phenoxy) is 1. The Labute approximate surface area is 131 Å². The highest BCUT2D eigenvalue weighted by Crippen LogP contribution is 2.29. The first-order valence-electron chi connectivity index (χ1n) is 6.86. The van der Waals surface area contributed by atoms with Crippen molar-refractivity contribution < 1.29 is 9.13 Å². The molecular formula is C15H17BrFN3O. The number of aromatic nitrogens is 2. The van der Waals surface area contributed by atoms with Crippen LogP contribution < -0.4 is 10.1 Å². The number of anilines is 1. The molecular weight excluding hydrogens is 337 g/mol. The smallest absolute Gasteiger partial charge is 0.227 e. The largest absolute Gasteiger partial charge is 0.438 e. The van der Waals surface area contributed by atoms with Crippen LogP contribution >= 0.6 is 15.9 Å². The van der Waals surface area contributed by atoms with Crippen LogP contribution in [0.15, 0.2) is 29.0 Å². The fourth-order valence-corrected chi connectivity index (χ4v) is 2.10. The number of rotatable bonds is 6. The Morgan fingerprint density at radius 1 is 1.29 bits per heavy atom. The molecule has 0 unspecified atom stereocenters. The fraction of sp³-hybridized carbons (Fsp3) is 0.333. The molecule has 1 aromatic heterocycles. The van der Waals surface area contributed by atoms with Crippen molar-refractivity contribution in [2.75, 3.05) is 11.9 Å². The second-order valence-electron chi connectivity index (χ2n) is 4.46. The van der Waals surface area contributed by atoms with Gasteiger partial charge in [0, 0.05) is 12.6 Å². The second kappa shape index (κ2) is 7.36. The minimum atomic E-state index is -0.371. The first-order valence-corrected chi connectivity index (χ1v) is 7.65. The van der Waals surface area contributed by atoms with Gasteiger partial charge in [0.25, 0.3) is 0 Å². The molecule has 0 saturated heterocycles. The number of hydrogen-bond donors (Lipinski definition) is 1. The molecule has 0 spiro atoms. The van der Waals surface area contributed by atoms with Crippen molar-refractivity contribution >= 4 is 21.7 Å². The summed E-state index contributed by atoms with van der Waals surface area (Å²) in [4.78, 5) is 8.40. The maximum atomic E-state index is 13.5. The average Bonchev–Trinajstić information content (AvgIpc) is 2.49. The SMILES string of the molecule is CCCNc1ncnc(Oc2ccc(Br)c(F)c2)c1CC. The number of hydrogen-bond acceptors (Lipinski definition) is 4. The van der Waals surface area contributed by atoms with E-state index in [0.717, 1.165) is 30.8 Å². The van der Waals surface area contributed by atoms with Crippen LogP contribution in [-0.4, -0.2) is 16.5 Å². The van der Waals surface area contributed by atoms with Gasteiger partial charge >= 0.3 is 0 Å². The van der Waals surface area contributed by atoms with Gasteiger partial charge in [0.1, 0.15) is 23.7 Å². The van der Waals surface area contributed by atoms with Crippen molar-refractivity contribution in [1.82, 2.24) is 9.97 Å². The summed E-state index contributed by atoms with van der Waals surface area (Å²) < 4.78 is 19.6. The molecule has 1 heterocycles.